The van der Waals surface area contributed by atoms with Gasteiger partial charge in [-0.25, -0.2) is 4.79 Å². The molecular weight excluding hydrogens is 447 g/mol. The number of nitrogens with zero attached hydrogens (tertiary/aromatic N) is 1. The molecular formula is C22H23Cl3N2O3. The number of hydrogen-bond donors (Lipinski definition) is 1. The van der Waals surface area contributed by atoms with Gasteiger partial charge in [0.15, 0.2) is 0 Å². The van der Waals surface area contributed by atoms with Gasteiger partial charge in [0.05, 0.1) is 16.1 Å². The molecule has 0 saturated carbocycles. The highest BCUT2D eigenvalue weighted by Gasteiger charge is 2.39. The molecule has 2 amide bonds. The van der Waals surface area contributed by atoms with Crippen molar-refractivity contribution >= 4 is 46.8 Å². The summed E-state index contributed by atoms with van der Waals surface area (Å²) in [6.07, 6.45) is -0.421. The van der Waals surface area contributed by atoms with Gasteiger partial charge in [0.2, 0.25) is 0 Å². The third-order valence-corrected chi connectivity index (χ3v) is 5.76. The molecule has 1 N–H and O–H groups in total. The van der Waals surface area contributed by atoms with Crippen molar-refractivity contribution in [3.05, 3.63) is 68.7 Å². The van der Waals surface area contributed by atoms with Gasteiger partial charge in [-0.1, -0.05) is 40.9 Å². The molecule has 2 atom stereocenters. The second-order valence-corrected chi connectivity index (χ2v) is 9.50. The lowest BCUT2D eigenvalue weighted by atomic mass is 9.94. The van der Waals surface area contributed by atoms with Crippen LogP contribution in [0.15, 0.2) is 42.5 Å². The highest BCUT2D eigenvalue weighted by Crippen LogP contribution is 2.33. The van der Waals surface area contributed by atoms with Gasteiger partial charge in [-0.3, -0.25) is 4.79 Å². The van der Waals surface area contributed by atoms with Gasteiger partial charge in [0, 0.05) is 29.6 Å². The molecule has 0 unspecified atom stereocenters. The number of benzene rings is 2. The number of amides is 2. The first-order valence-electron chi connectivity index (χ1n) is 9.53. The van der Waals surface area contributed by atoms with Crippen LogP contribution in [0.3, 0.4) is 0 Å². The maximum Gasteiger partial charge on any atom is 0.410 e. The molecule has 8 heteroatoms. The lowest BCUT2D eigenvalue weighted by Gasteiger charge is -2.24. The first-order chi connectivity index (χ1) is 14.0. The van der Waals surface area contributed by atoms with E-state index in [2.05, 4.69) is 5.32 Å². The van der Waals surface area contributed by atoms with E-state index in [1.165, 1.54) is 0 Å². The van der Waals surface area contributed by atoms with Crippen molar-refractivity contribution in [2.24, 2.45) is 0 Å². The number of hydrogen-bond acceptors (Lipinski definition) is 3. The lowest BCUT2D eigenvalue weighted by Crippen LogP contribution is -2.41. The number of ether oxygens (including phenoxy) is 1. The Labute approximate surface area is 191 Å². The summed E-state index contributed by atoms with van der Waals surface area (Å²) in [4.78, 5) is 27.0. The highest BCUT2D eigenvalue weighted by molar-refractivity contribution is 6.42. The Morgan fingerprint density at radius 3 is 2.27 bits per heavy atom. The van der Waals surface area contributed by atoms with Crippen molar-refractivity contribution < 1.29 is 14.3 Å². The van der Waals surface area contributed by atoms with Crippen LogP contribution in [-0.4, -0.2) is 41.6 Å². The van der Waals surface area contributed by atoms with Gasteiger partial charge in [-0.15, -0.1) is 0 Å². The van der Waals surface area contributed by atoms with E-state index in [-0.39, 0.29) is 17.9 Å². The Hall–Kier alpha value is -1.95. The van der Waals surface area contributed by atoms with Gasteiger partial charge in [-0.05, 0) is 62.7 Å². The second-order valence-electron chi connectivity index (χ2n) is 8.25. The Bertz CT molecular complexity index is 942. The minimum atomic E-state index is -0.610. The first kappa shape index (κ1) is 22.7. The van der Waals surface area contributed by atoms with E-state index in [0.717, 1.165) is 5.56 Å². The molecule has 2 aromatic rings. The molecule has 1 aliphatic heterocycles. The average molecular weight is 470 g/mol. The normalized spacial score (nSPS) is 18.9. The van der Waals surface area contributed by atoms with Gasteiger partial charge in [0.1, 0.15) is 5.60 Å². The van der Waals surface area contributed by atoms with Crippen LogP contribution in [0.4, 0.5) is 4.79 Å². The van der Waals surface area contributed by atoms with Gasteiger partial charge in [-0.2, -0.15) is 0 Å². The number of carbonyl (C=O) groups is 2. The van der Waals surface area contributed by atoms with E-state index in [0.29, 0.717) is 33.7 Å². The number of likely N-dealkylation sites (tertiary alicyclic amines) is 1. The Morgan fingerprint density at radius 1 is 1.00 bits per heavy atom. The minimum absolute atomic E-state index is 0.163. The number of carbonyl (C=O) groups excluding carboxylic acids is 2. The van der Waals surface area contributed by atoms with Crippen molar-refractivity contribution in [2.45, 2.75) is 38.3 Å². The monoisotopic (exact) mass is 468 g/mol. The van der Waals surface area contributed by atoms with Crippen molar-refractivity contribution in [1.29, 1.82) is 0 Å². The Morgan fingerprint density at radius 2 is 1.67 bits per heavy atom. The highest BCUT2D eigenvalue weighted by atomic mass is 35.5. The Balaban J connectivity index is 1.84. The smallest absolute Gasteiger partial charge is 0.410 e. The molecule has 5 nitrogen and oxygen atoms in total. The molecule has 1 fully saturated rings. The predicted molar refractivity (Wildman–Crippen MR) is 120 cm³/mol. The van der Waals surface area contributed by atoms with E-state index >= 15 is 0 Å². The molecule has 3 rings (SSSR count). The zero-order chi connectivity index (χ0) is 22.1. The molecule has 0 bridgehead atoms. The molecule has 0 aromatic heterocycles. The Kier molecular flexibility index (Phi) is 6.85. The van der Waals surface area contributed by atoms with E-state index in [1.807, 2.05) is 26.8 Å². The van der Waals surface area contributed by atoms with Crippen molar-refractivity contribution in [3.8, 4) is 0 Å². The maximum atomic E-state index is 12.8. The number of halogens is 3. The standard InChI is InChI=1S/C22H23Cl3N2O3/c1-22(2,3)30-21(29)27-11-16(14-6-9-17(24)18(25)10-14)19(12-27)26-20(28)13-4-7-15(23)8-5-13/h4-10,16,19H,11-12H2,1-3H3,(H,26,28)/t16-,19+/m0/s1. The van der Waals surface area contributed by atoms with E-state index < -0.39 is 11.7 Å². The molecule has 30 heavy (non-hydrogen) atoms. The van der Waals surface area contributed by atoms with Crippen LogP contribution in [0.25, 0.3) is 0 Å². The molecule has 2 aromatic carbocycles. The van der Waals surface area contributed by atoms with Crippen LogP contribution >= 0.6 is 34.8 Å². The zero-order valence-corrected chi connectivity index (χ0v) is 19.2. The quantitative estimate of drug-likeness (QED) is 0.620. The van der Waals surface area contributed by atoms with Gasteiger partial charge >= 0.3 is 6.09 Å². The maximum absolute atomic E-state index is 12.8. The lowest BCUT2D eigenvalue weighted by molar-refractivity contribution is 0.0288. The van der Waals surface area contributed by atoms with Crippen LogP contribution in [-0.2, 0) is 4.74 Å². The molecule has 0 aliphatic carbocycles. The molecule has 0 radical (unpaired) electrons. The summed E-state index contributed by atoms with van der Waals surface area (Å²) >= 11 is 18.2. The predicted octanol–water partition coefficient (Wildman–Crippen LogP) is 5.78. The van der Waals surface area contributed by atoms with Crippen LogP contribution in [0.2, 0.25) is 15.1 Å². The summed E-state index contributed by atoms with van der Waals surface area (Å²) in [5.41, 5.74) is 0.765. The number of nitrogens with one attached hydrogen (secondary N) is 1. The summed E-state index contributed by atoms with van der Waals surface area (Å²) in [6.45, 7) is 6.16. The second kappa shape index (κ2) is 9.04. The fourth-order valence-corrected chi connectivity index (χ4v) is 3.79. The minimum Gasteiger partial charge on any atom is -0.444 e. The van der Waals surface area contributed by atoms with E-state index in [1.54, 1.807) is 41.3 Å². The van der Waals surface area contributed by atoms with Gasteiger partial charge < -0.3 is 15.0 Å². The molecule has 0 spiro atoms. The van der Waals surface area contributed by atoms with Gasteiger partial charge in [0.25, 0.3) is 5.91 Å². The molecule has 1 saturated heterocycles. The fraction of sp³-hybridized carbons (Fsp3) is 0.364. The number of rotatable bonds is 3. The van der Waals surface area contributed by atoms with Crippen LogP contribution in [0.5, 0.6) is 0 Å². The summed E-state index contributed by atoms with van der Waals surface area (Å²) in [5.74, 6) is -0.406. The van der Waals surface area contributed by atoms with E-state index in [9.17, 15) is 9.59 Å². The molecule has 160 valence electrons. The topological polar surface area (TPSA) is 58.6 Å². The molecule has 1 heterocycles. The van der Waals surface area contributed by atoms with Crippen molar-refractivity contribution in [1.82, 2.24) is 10.2 Å². The summed E-state index contributed by atoms with van der Waals surface area (Å²) in [6, 6.07) is 11.7. The summed E-state index contributed by atoms with van der Waals surface area (Å²) < 4.78 is 5.51. The summed E-state index contributed by atoms with van der Waals surface area (Å²) in [7, 11) is 0. The average Bonchev–Trinajstić information content (AvgIpc) is 3.07. The zero-order valence-electron chi connectivity index (χ0n) is 16.9. The van der Waals surface area contributed by atoms with Crippen LogP contribution in [0, 0.1) is 0 Å². The largest absolute Gasteiger partial charge is 0.444 e. The van der Waals surface area contributed by atoms with Crippen molar-refractivity contribution in [3.63, 3.8) is 0 Å². The van der Waals surface area contributed by atoms with Crippen LogP contribution < -0.4 is 5.32 Å². The SMILES string of the molecule is CC(C)(C)OC(=O)N1C[C@@H](NC(=O)c2ccc(Cl)cc2)[C@H](c2ccc(Cl)c(Cl)c2)C1. The summed E-state index contributed by atoms with van der Waals surface area (Å²) in [5, 5.41) is 4.46. The van der Waals surface area contributed by atoms with Crippen molar-refractivity contribution in [2.75, 3.05) is 13.1 Å². The first-order valence-corrected chi connectivity index (χ1v) is 10.7. The van der Waals surface area contributed by atoms with Crippen LogP contribution in [0.1, 0.15) is 42.6 Å². The molecule has 1 aliphatic rings. The third-order valence-electron chi connectivity index (χ3n) is 4.77. The van der Waals surface area contributed by atoms with E-state index in [4.69, 9.17) is 39.5 Å². The third kappa shape index (κ3) is 5.60. The fourth-order valence-electron chi connectivity index (χ4n) is 3.36.